The number of nitrogens with one attached hydrogen (secondary N) is 1. The van der Waals surface area contributed by atoms with Crippen LogP contribution in [0.15, 0.2) is 36.5 Å². The van der Waals surface area contributed by atoms with Gasteiger partial charge in [-0.15, -0.1) is 11.3 Å². The Hall–Kier alpha value is -1.68. The van der Waals surface area contributed by atoms with Crippen LogP contribution in [0.4, 0.5) is 0 Å². The largest absolute Gasteiger partial charge is 0.346 e. The number of thiazole rings is 1. The Balaban J connectivity index is 1.43. The summed E-state index contributed by atoms with van der Waals surface area (Å²) in [4.78, 5) is 18.3. The Labute approximate surface area is 134 Å². The van der Waals surface area contributed by atoms with Gasteiger partial charge in [-0.2, -0.15) is 0 Å². The second kappa shape index (κ2) is 5.51. The van der Waals surface area contributed by atoms with Crippen LogP contribution in [0.1, 0.15) is 46.7 Å². The highest BCUT2D eigenvalue weighted by Crippen LogP contribution is 2.49. The molecule has 114 valence electrons. The molecule has 2 saturated carbocycles. The molecule has 1 N–H and O–H groups in total. The van der Waals surface area contributed by atoms with E-state index in [1.807, 2.05) is 24.4 Å². The Morgan fingerprint density at radius 1 is 1.32 bits per heavy atom. The number of hydrogen-bond acceptors (Lipinski definition) is 3. The summed E-state index contributed by atoms with van der Waals surface area (Å²) in [5.41, 5.74) is 1.29. The lowest BCUT2D eigenvalue weighted by Crippen LogP contribution is -2.31. The van der Waals surface area contributed by atoms with Crippen LogP contribution in [-0.2, 0) is 4.79 Å². The van der Waals surface area contributed by atoms with Gasteiger partial charge in [0.15, 0.2) is 0 Å². The molecule has 3 nitrogen and oxygen atoms in total. The number of hydrogen-bond donors (Lipinski definition) is 1. The first-order valence-corrected chi connectivity index (χ1v) is 8.81. The molecule has 2 fully saturated rings. The SMILES string of the molecule is Cc1cnc([C@H](NC(=O)[C@@H]2C[C@@H]2c2ccccc2)C2CC2)s1. The number of aryl methyl sites for hydroxylation is 1. The van der Waals surface area contributed by atoms with E-state index in [2.05, 4.69) is 29.4 Å². The van der Waals surface area contributed by atoms with Gasteiger partial charge in [0.25, 0.3) is 0 Å². The average Bonchev–Trinajstić information content (AvgIpc) is 3.44. The number of amides is 1. The van der Waals surface area contributed by atoms with E-state index in [-0.39, 0.29) is 17.9 Å². The van der Waals surface area contributed by atoms with Gasteiger partial charge in [0, 0.05) is 17.0 Å². The van der Waals surface area contributed by atoms with E-state index in [1.54, 1.807) is 11.3 Å². The molecule has 2 aliphatic carbocycles. The maximum absolute atomic E-state index is 12.6. The van der Waals surface area contributed by atoms with E-state index in [9.17, 15) is 4.79 Å². The van der Waals surface area contributed by atoms with Gasteiger partial charge in [-0.25, -0.2) is 4.98 Å². The van der Waals surface area contributed by atoms with Crippen molar-refractivity contribution >= 4 is 17.2 Å². The quantitative estimate of drug-likeness (QED) is 0.912. The minimum Gasteiger partial charge on any atom is -0.346 e. The molecule has 1 aromatic heterocycles. The van der Waals surface area contributed by atoms with Gasteiger partial charge < -0.3 is 5.32 Å². The van der Waals surface area contributed by atoms with Gasteiger partial charge in [0.05, 0.1) is 6.04 Å². The van der Waals surface area contributed by atoms with E-state index in [0.29, 0.717) is 11.8 Å². The highest BCUT2D eigenvalue weighted by molar-refractivity contribution is 7.11. The maximum atomic E-state index is 12.6. The smallest absolute Gasteiger partial charge is 0.224 e. The van der Waals surface area contributed by atoms with Crippen molar-refractivity contribution in [3.05, 3.63) is 52.0 Å². The molecule has 4 rings (SSSR count). The van der Waals surface area contributed by atoms with Gasteiger partial charge in [0.1, 0.15) is 5.01 Å². The van der Waals surface area contributed by atoms with Crippen LogP contribution in [0.3, 0.4) is 0 Å². The summed E-state index contributed by atoms with van der Waals surface area (Å²) < 4.78 is 0. The normalized spacial score (nSPS) is 24.8. The molecule has 0 spiro atoms. The van der Waals surface area contributed by atoms with Gasteiger partial charge in [0.2, 0.25) is 5.91 Å². The van der Waals surface area contributed by atoms with Crippen molar-refractivity contribution in [1.82, 2.24) is 10.3 Å². The summed E-state index contributed by atoms with van der Waals surface area (Å²) in [5.74, 6) is 1.34. The van der Waals surface area contributed by atoms with Crippen LogP contribution in [0.2, 0.25) is 0 Å². The second-order valence-corrected chi connectivity index (χ2v) is 7.76. The predicted molar refractivity (Wildman–Crippen MR) is 87.7 cm³/mol. The fraction of sp³-hybridized carbons (Fsp3) is 0.444. The average molecular weight is 312 g/mol. The van der Waals surface area contributed by atoms with Gasteiger partial charge in [-0.05, 0) is 43.6 Å². The lowest BCUT2D eigenvalue weighted by atomic mass is 10.1. The topological polar surface area (TPSA) is 42.0 Å². The number of carbonyl (C=O) groups excluding carboxylic acids is 1. The fourth-order valence-electron chi connectivity index (χ4n) is 3.14. The standard InChI is InChI=1S/C18H20N2OS/c1-11-10-19-18(22-11)16(13-7-8-13)20-17(21)15-9-14(15)12-5-3-2-4-6-12/h2-6,10,13-16H,7-9H2,1H3,(H,20,21)/t14-,15-,16-/m1/s1. The van der Waals surface area contributed by atoms with Crippen molar-refractivity contribution in [2.75, 3.05) is 0 Å². The van der Waals surface area contributed by atoms with Gasteiger partial charge in [-0.3, -0.25) is 4.79 Å². The molecule has 2 aliphatic rings. The zero-order valence-corrected chi connectivity index (χ0v) is 13.5. The molecule has 22 heavy (non-hydrogen) atoms. The van der Waals surface area contributed by atoms with Crippen LogP contribution >= 0.6 is 11.3 Å². The zero-order valence-electron chi connectivity index (χ0n) is 12.7. The van der Waals surface area contributed by atoms with Crippen molar-refractivity contribution in [2.24, 2.45) is 11.8 Å². The molecular formula is C18H20N2OS. The van der Waals surface area contributed by atoms with Crippen molar-refractivity contribution in [3.63, 3.8) is 0 Å². The third kappa shape index (κ3) is 2.80. The van der Waals surface area contributed by atoms with Crippen molar-refractivity contribution in [2.45, 2.75) is 38.1 Å². The van der Waals surface area contributed by atoms with Crippen LogP contribution in [-0.4, -0.2) is 10.9 Å². The van der Waals surface area contributed by atoms with Crippen molar-refractivity contribution in [3.8, 4) is 0 Å². The van der Waals surface area contributed by atoms with Crippen LogP contribution < -0.4 is 5.32 Å². The summed E-state index contributed by atoms with van der Waals surface area (Å²) in [5, 5.41) is 4.35. The summed E-state index contributed by atoms with van der Waals surface area (Å²) >= 11 is 1.71. The molecule has 2 aromatic rings. The monoisotopic (exact) mass is 312 g/mol. The molecule has 1 heterocycles. The minimum atomic E-state index is 0.128. The summed E-state index contributed by atoms with van der Waals surface area (Å²) in [7, 11) is 0. The Morgan fingerprint density at radius 2 is 2.09 bits per heavy atom. The van der Waals surface area contributed by atoms with Crippen LogP contribution in [0.5, 0.6) is 0 Å². The summed E-state index contributed by atoms with van der Waals surface area (Å²) in [6.07, 6.45) is 5.29. The third-order valence-corrected chi connectivity index (χ3v) is 5.65. The van der Waals surface area contributed by atoms with Crippen LogP contribution in [0.25, 0.3) is 0 Å². The highest BCUT2D eigenvalue weighted by Gasteiger charge is 2.46. The molecule has 0 bridgehead atoms. The Morgan fingerprint density at radius 3 is 2.73 bits per heavy atom. The fourth-order valence-corrected chi connectivity index (χ4v) is 4.06. The molecule has 3 atom stereocenters. The van der Waals surface area contributed by atoms with Gasteiger partial charge in [-0.1, -0.05) is 30.3 Å². The van der Waals surface area contributed by atoms with E-state index in [0.717, 1.165) is 11.4 Å². The van der Waals surface area contributed by atoms with Crippen LogP contribution in [0, 0.1) is 18.8 Å². The number of aromatic nitrogens is 1. The molecular weight excluding hydrogens is 292 g/mol. The van der Waals surface area contributed by atoms with E-state index in [4.69, 9.17) is 0 Å². The first-order valence-electron chi connectivity index (χ1n) is 8.00. The number of rotatable bonds is 5. The predicted octanol–water partition coefficient (Wildman–Crippen LogP) is 3.82. The lowest BCUT2D eigenvalue weighted by Gasteiger charge is -2.16. The first kappa shape index (κ1) is 13.9. The molecule has 1 aromatic carbocycles. The molecule has 4 heteroatoms. The first-order chi connectivity index (χ1) is 10.7. The number of carbonyl (C=O) groups is 1. The maximum Gasteiger partial charge on any atom is 0.224 e. The lowest BCUT2D eigenvalue weighted by molar-refractivity contribution is -0.123. The van der Waals surface area contributed by atoms with Crippen molar-refractivity contribution < 1.29 is 4.79 Å². The molecule has 0 saturated heterocycles. The van der Waals surface area contributed by atoms with E-state index < -0.39 is 0 Å². The molecule has 0 aliphatic heterocycles. The summed E-state index contributed by atoms with van der Waals surface area (Å²) in [6, 6.07) is 10.5. The second-order valence-electron chi connectivity index (χ2n) is 6.49. The Kier molecular flexibility index (Phi) is 3.49. The number of nitrogens with zero attached hydrogens (tertiary/aromatic N) is 1. The van der Waals surface area contributed by atoms with Crippen molar-refractivity contribution in [1.29, 1.82) is 0 Å². The minimum absolute atomic E-state index is 0.128. The van der Waals surface area contributed by atoms with Gasteiger partial charge >= 0.3 is 0 Å². The zero-order chi connectivity index (χ0) is 15.1. The molecule has 1 amide bonds. The van der Waals surface area contributed by atoms with E-state index >= 15 is 0 Å². The number of benzene rings is 1. The summed E-state index contributed by atoms with van der Waals surface area (Å²) in [6.45, 7) is 2.07. The highest BCUT2D eigenvalue weighted by atomic mass is 32.1. The Bertz CT molecular complexity index is 677. The molecule has 0 radical (unpaired) electrons. The van der Waals surface area contributed by atoms with E-state index in [1.165, 1.54) is 23.3 Å². The molecule has 0 unspecified atom stereocenters. The third-order valence-electron chi connectivity index (χ3n) is 4.65.